The Morgan fingerprint density at radius 1 is 1.10 bits per heavy atom. The molecule has 0 aliphatic heterocycles. The zero-order valence-corrected chi connectivity index (χ0v) is 12.9. The van der Waals surface area contributed by atoms with Gasteiger partial charge in [-0.2, -0.15) is 0 Å². The van der Waals surface area contributed by atoms with E-state index in [9.17, 15) is 9.50 Å². The van der Waals surface area contributed by atoms with Gasteiger partial charge in [0.25, 0.3) is 0 Å². The molecular weight excluding hydrogens is 339 g/mol. The second-order valence-corrected chi connectivity index (χ2v) is 6.45. The molecule has 1 unspecified atom stereocenters. The molecular formula is C16H12BrFOS. The molecule has 1 heterocycles. The molecule has 0 aliphatic carbocycles. The average Bonchev–Trinajstić information content (AvgIpc) is 2.85. The average molecular weight is 351 g/mol. The number of aliphatic hydroxyl groups is 1. The molecule has 20 heavy (non-hydrogen) atoms. The van der Waals surface area contributed by atoms with E-state index in [-0.39, 0.29) is 5.82 Å². The molecule has 102 valence electrons. The largest absolute Gasteiger partial charge is 0.388 e. The van der Waals surface area contributed by atoms with Crippen LogP contribution in [0.15, 0.2) is 52.3 Å². The summed E-state index contributed by atoms with van der Waals surface area (Å²) < 4.78 is 14.8. The molecule has 0 spiro atoms. The molecule has 1 atom stereocenters. The van der Waals surface area contributed by atoms with E-state index >= 15 is 0 Å². The summed E-state index contributed by atoms with van der Waals surface area (Å²) >= 11 is 5.07. The molecule has 3 rings (SSSR count). The molecule has 1 aromatic heterocycles. The van der Waals surface area contributed by atoms with Crippen LogP contribution in [0.4, 0.5) is 4.39 Å². The van der Waals surface area contributed by atoms with E-state index in [2.05, 4.69) is 15.9 Å². The minimum absolute atomic E-state index is 0.256. The number of hydrogen-bond acceptors (Lipinski definition) is 2. The van der Waals surface area contributed by atoms with Crippen molar-refractivity contribution in [2.75, 3.05) is 0 Å². The molecule has 0 bridgehead atoms. The first kappa shape index (κ1) is 13.7. The lowest BCUT2D eigenvalue weighted by molar-refractivity contribution is 0.181. The van der Waals surface area contributed by atoms with Gasteiger partial charge in [-0.15, -0.1) is 11.3 Å². The quantitative estimate of drug-likeness (QED) is 0.698. The van der Waals surface area contributed by atoms with E-state index in [4.69, 9.17) is 0 Å². The summed E-state index contributed by atoms with van der Waals surface area (Å²) in [6.45, 7) is 0. The van der Waals surface area contributed by atoms with Gasteiger partial charge in [0.2, 0.25) is 0 Å². The molecule has 0 saturated heterocycles. The Kier molecular flexibility index (Phi) is 3.87. The predicted molar refractivity (Wildman–Crippen MR) is 84.6 cm³/mol. The summed E-state index contributed by atoms with van der Waals surface area (Å²) in [6.07, 6.45) is -0.121. The lowest BCUT2D eigenvalue weighted by Crippen LogP contribution is -2.02. The van der Waals surface area contributed by atoms with Crippen LogP contribution in [0.1, 0.15) is 16.5 Å². The molecule has 0 aliphatic rings. The standard InChI is InChI=1S/C16H12BrFOS/c17-13-7-8-20-16(13)9-15(19)12-5-6-14(18)11-4-2-1-3-10(11)12/h1-8,15,19H,9H2. The number of rotatable bonds is 3. The molecule has 3 aromatic rings. The zero-order valence-electron chi connectivity index (χ0n) is 10.5. The van der Waals surface area contributed by atoms with Gasteiger partial charge in [-0.25, -0.2) is 4.39 Å². The highest BCUT2D eigenvalue weighted by molar-refractivity contribution is 9.10. The number of aliphatic hydroxyl groups excluding tert-OH is 1. The fourth-order valence-corrected chi connectivity index (χ4v) is 3.88. The van der Waals surface area contributed by atoms with Crippen molar-refractivity contribution in [2.24, 2.45) is 0 Å². The van der Waals surface area contributed by atoms with Crippen molar-refractivity contribution in [1.82, 2.24) is 0 Å². The highest BCUT2D eigenvalue weighted by Crippen LogP contribution is 2.32. The highest BCUT2D eigenvalue weighted by Gasteiger charge is 2.15. The van der Waals surface area contributed by atoms with Gasteiger partial charge < -0.3 is 5.11 Å². The predicted octanol–water partition coefficient (Wildman–Crippen LogP) is 5.08. The minimum Gasteiger partial charge on any atom is -0.388 e. The number of hydrogen-bond donors (Lipinski definition) is 1. The highest BCUT2D eigenvalue weighted by atomic mass is 79.9. The van der Waals surface area contributed by atoms with Crippen LogP contribution in [0.2, 0.25) is 0 Å². The van der Waals surface area contributed by atoms with Crippen molar-refractivity contribution in [1.29, 1.82) is 0 Å². The van der Waals surface area contributed by atoms with Crippen LogP contribution in [0, 0.1) is 5.82 Å². The van der Waals surface area contributed by atoms with Crippen LogP contribution in [0.25, 0.3) is 10.8 Å². The van der Waals surface area contributed by atoms with Crippen molar-refractivity contribution < 1.29 is 9.50 Å². The molecule has 0 saturated carbocycles. The number of fused-ring (bicyclic) bond motifs is 1. The van der Waals surface area contributed by atoms with E-state index in [0.29, 0.717) is 11.8 Å². The summed E-state index contributed by atoms with van der Waals surface area (Å²) in [4.78, 5) is 1.09. The Labute approximate surface area is 128 Å². The number of benzene rings is 2. The van der Waals surface area contributed by atoms with Crippen molar-refractivity contribution >= 4 is 38.0 Å². The molecule has 0 radical (unpaired) electrons. The molecule has 2 aromatic carbocycles. The summed E-state index contributed by atoms with van der Waals surface area (Å²) in [6, 6.07) is 12.3. The van der Waals surface area contributed by atoms with Crippen molar-refractivity contribution in [3.05, 3.63) is 68.6 Å². The first-order valence-corrected chi connectivity index (χ1v) is 7.91. The van der Waals surface area contributed by atoms with Gasteiger partial charge in [-0.3, -0.25) is 0 Å². The van der Waals surface area contributed by atoms with Gasteiger partial charge >= 0.3 is 0 Å². The van der Waals surface area contributed by atoms with Crippen LogP contribution >= 0.6 is 27.3 Å². The van der Waals surface area contributed by atoms with Crippen molar-refractivity contribution in [3.8, 4) is 0 Å². The van der Waals surface area contributed by atoms with Crippen LogP contribution in [-0.2, 0) is 6.42 Å². The first-order chi connectivity index (χ1) is 9.66. The third-order valence-electron chi connectivity index (χ3n) is 3.33. The number of thiophene rings is 1. The minimum atomic E-state index is -0.643. The Hall–Kier alpha value is -1.23. The monoisotopic (exact) mass is 350 g/mol. The van der Waals surface area contributed by atoms with Gasteiger partial charge in [0.15, 0.2) is 0 Å². The summed E-state index contributed by atoms with van der Waals surface area (Å²) in [5, 5.41) is 13.8. The lowest BCUT2D eigenvalue weighted by Gasteiger charge is -2.14. The molecule has 1 nitrogen and oxygen atoms in total. The smallest absolute Gasteiger partial charge is 0.131 e. The van der Waals surface area contributed by atoms with Gasteiger partial charge in [0, 0.05) is 21.2 Å². The van der Waals surface area contributed by atoms with Crippen LogP contribution in [0.5, 0.6) is 0 Å². The lowest BCUT2D eigenvalue weighted by atomic mass is 9.98. The van der Waals surface area contributed by atoms with Gasteiger partial charge in [0.05, 0.1) is 6.10 Å². The SMILES string of the molecule is OC(Cc1sccc1Br)c1ccc(F)c2ccccc12. The van der Waals surface area contributed by atoms with E-state index in [0.717, 1.165) is 20.3 Å². The fourth-order valence-electron chi connectivity index (χ4n) is 2.33. The Bertz CT molecular complexity index is 753. The van der Waals surface area contributed by atoms with Gasteiger partial charge in [-0.05, 0) is 44.4 Å². The van der Waals surface area contributed by atoms with Crippen molar-refractivity contribution in [3.63, 3.8) is 0 Å². The first-order valence-electron chi connectivity index (χ1n) is 6.24. The Morgan fingerprint density at radius 3 is 2.55 bits per heavy atom. The summed E-state index contributed by atoms with van der Waals surface area (Å²) in [5.74, 6) is -0.256. The maximum Gasteiger partial charge on any atom is 0.131 e. The fraction of sp³-hybridized carbons (Fsp3) is 0.125. The maximum absolute atomic E-state index is 13.8. The van der Waals surface area contributed by atoms with Crippen LogP contribution in [-0.4, -0.2) is 5.11 Å². The second-order valence-electron chi connectivity index (χ2n) is 4.59. The number of halogens is 2. The third-order valence-corrected chi connectivity index (χ3v) is 5.28. The normalized spacial score (nSPS) is 12.8. The van der Waals surface area contributed by atoms with Crippen LogP contribution in [0.3, 0.4) is 0 Å². The molecule has 0 amide bonds. The van der Waals surface area contributed by atoms with E-state index in [1.807, 2.05) is 23.6 Å². The molecule has 1 N–H and O–H groups in total. The molecule has 0 fully saturated rings. The van der Waals surface area contributed by atoms with Gasteiger partial charge in [0.1, 0.15) is 5.82 Å². The van der Waals surface area contributed by atoms with E-state index < -0.39 is 6.10 Å². The maximum atomic E-state index is 13.8. The second kappa shape index (κ2) is 5.64. The summed E-state index contributed by atoms with van der Waals surface area (Å²) in [7, 11) is 0. The van der Waals surface area contributed by atoms with Gasteiger partial charge in [-0.1, -0.05) is 30.3 Å². The third kappa shape index (κ3) is 2.51. The Balaban J connectivity index is 2.02. The van der Waals surface area contributed by atoms with E-state index in [1.54, 1.807) is 29.5 Å². The molecule has 4 heteroatoms. The van der Waals surface area contributed by atoms with Crippen molar-refractivity contribution in [2.45, 2.75) is 12.5 Å². The summed E-state index contributed by atoms with van der Waals surface area (Å²) in [5.41, 5.74) is 0.766. The zero-order chi connectivity index (χ0) is 14.1. The van der Waals surface area contributed by atoms with E-state index in [1.165, 1.54) is 6.07 Å². The Morgan fingerprint density at radius 2 is 1.85 bits per heavy atom. The van der Waals surface area contributed by atoms with Crippen LogP contribution < -0.4 is 0 Å². The topological polar surface area (TPSA) is 20.2 Å².